The van der Waals surface area contributed by atoms with E-state index in [-0.39, 0.29) is 39.7 Å². The number of hydrogen-bond acceptors (Lipinski definition) is 5. The Labute approximate surface area is 205 Å². The highest BCUT2D eigenvalue weighted by Crippen LogP contribution is 2.33. The number of anilines is 2. The van der Waals surface area contributed by atoms with Crippen LogP contribution in [0, 0.1) is 5.82 Å². The number of aromatic nitrogens is 3. The standard InChI is InChI=1S/C24H19BrFN5O4/c1-29-19(32)11-18(28-17-8-5-13(25)10-16(17)26)20-22(29)30(15-4-2-3-12(9-15)21(27)33)24(35)31(23(20)34)14-6-7-14/h2-5,8-11,14,28H,6-7H2,1H3,(H2,27,33). The molecule has 0 radical (unpaired) electrons. The number of aryl methyl sites for hydroxylation is 1. The summed E-state index contributed by atoms with van der Waals surface area (Å²) >= 11 is 3.20. The Morgan fingerprint density at radius 2 is 1.83 bits per heavy atom. The first-order valence-corrected chi connectivity index (χ1v) is 11.5. The molecule has 0 atom stereocenters. The van der Waals surface area contributed by atoms with Crippen molar-refractivity contribution < 1.29 is 9.18 Å². The fourth-order valence-electron chi connectivity index (χ4n) is 4.08. The summed E-state index contributed by atoms with van der Waals surface area (Å²) in [6, 6.07) is 11.3. The molecule has 0 aliphatic heterocycles. The highest BCUT2D eigenvalue weighted by Gasteiger charge is 2.31. The van der Waals surface area contributed by atoms with Crippen LogP contribution < -0.4 is 27.9 Å². The van der Waals surface area contributed by atoms with Crippen LogP contribution in [-0.4, -0.2) is 19.6 Å². The van der Waals surface area contributed by atoms with Gasteiger partial charge in [-0.15, -0.1) is 0 Å². The average molecular weight is 540 g/mol. The van der Waals surface area contributed by atoms with E-state index < -0.39 is 28.5 Å². The first kappa shape index (κ1) is 22.8. The fraction of sp³-hybridized carbons (Fsp3) is 0.167. The Hall–Kier alpha value is -3.99. The van der Waals surface area contributed by atoms with Gasteiger partial charge in [0, 0.05) is 29.2 Å². The van der Waals surface area contributed by atoms with Gasteiger partial charge in [0.25, 0.3) is 11.1 Å². The van der Waals surface area contributed by atoms with Crippen LogP contribution in [0.2, 0.25) is 0 Å². The Bertz CT molecular complexity index is 1720. The molecule has 1 aliphatic rings. The van der Waals surface area contributed by atoms with E-state index in [0.29, 0.717) is 17.3 Å². The summed E-state index contributed by atoms with van der Waals surface area (Å²) in [5.74, 6) is -1.29. The Morgan fingerprint density at radius 1 is 1.09 bits per heavy atom. The van der Waals surface area contributed by atoms with Gasteiger partial charge in [0.1, 0.15) is 16.9 Å². The predicted octanol–water partition coefficient (Wildman–Crippen LogP) is 2.93. The number of nitrogens with two attached hydrogens (primary N) is 1. The lowest BCUT2D eigenvalue weighted by Crippen LogP contribution is -2.41. The molecule has 4 aromatic rings. The predicted molar refractivity (Wildman–Crippen MR) is 133 cm³/mol. The number of carbonyl (C=O) groups excluding carboxylic acids is 1. The summed E-state index contributed by atoms with van der Waals surface area (Å²) in [7, 11) is 1.43. The maximum absolute atomic E-state index is 14.6. The van der Waals surface area contributed by atoms with Crippen LogP contribution in [0.5, 0.6) is 0 Å². The van der Waals surface area contributed by atoms with Gasteiger partial charge in [-0.25, -0.2) is 13.8 Å². The van der Waals surface area contributed by atoms with Crippen LogP contribution in [0.1, 0.15) is 29.2 Å². The number of primary amides is 1. The van der Waals surface area contributed by atoms with Gasteiger partial charge in [0.05, 0.1) is 17.1 Å². The number of carbonyl (C=O) groups is 1. The summed E-state index contributed by atoms with van der Waals surface area (Å²) < 4.78 is 18.7. The monoisotopic (exact) mass is 539 g/mol. The molecule has 0 unspecified atom stereocenters. The number of nitrogens with zero attached hydrogens (tertiary/aromatic N) is 3. The van der Waals surface area contributed by atoms with Crippen LogP contribution in [0.15, 0.2) is 67.4 Å². The maximum atomic E-state index is 14.6. The molecule has 1 aliphatic carbocycles. The number of hydrogen-bond donors (Lipinski definition) is 2. The molecule has 178 valence electrons. The Kier molecular flexibility index (Phi) is 5.43. The second-order valence-corrected chi connectivity index (χ2v) is 9.26. The van der Waals surface area contributed by atoms with Gasteiger partial charge in [0.15, 0.2) is 0 Å². The normalized spacial score (nSPS) is 13.2. The minimum atomic E-state index is -0.693. The second-order valence-electron chi connectivity index (χ2n) is 8.34. The lowest BCUT2D eigenvalue weighted by molar-refractivity contribution is 0.1000. The molecule has 0 saturated heterocycles. The summed E-state index contributed by atoms with van der Waals surface area (Å²) in [6.07, 6.45) is 1.30. The lowest BCUT2D eigenvalue weighted by Gasteiger charge is -2.19. The Balaban J connectivity index is 1.90. The number of benzene rings is 2. The van der Waals surface area contributed by atoms with Gasteiger partial charge in [0.2, 0.25) is 5.91 Å². The molecule has 1 amide bonds. The quantitative estimate of drug-likeness (QED) is 0.404. The lowest BCUT2D eigenvalue weighted by atomic mass is 10.1. The molecule has 0 spiro atoms. The molecule has 2 heterocycles. The number of amides is 1. The summed E-state index contributed by atoms with van der Waals surface area (Å²) in [4.78, 5) is 51.9. The van der Waals surface area contributed by atoms with Crippen molar-refractivity contribution in [1.82, 2.24) is 13.7 Å². The van der Waals surface area contributed by atoms with E-state index in [0.717, 1.165) is 4.57 Å². The van der Waals surface area contributed by atoms with E-state index in [9.17, 15) is 23.6 Å². The number of fused-ring (bicyclic) bond motifs is 1. The molecule has 3 N–H and O–H groups in total. The van der Waals surface area contributed by atoms with E-state index >= 15 is 0 Å². The van der Waals surface area contributed by atoms with Crippen molar-refractivity contribution in [3.8, 4) is 5.69 Å². The number of pyridine rings is 1. The zero-order valence-corrected chi connectivity index (χ0v) is 20.0. The molecule has 1 saturated carbocycles. The highest BCUT2D eigenvalue weighted by molar-refractivity contribution is 9.10. The number of halogens is 2. The van der Waals surface area contributed by atoms with Crippen molar-refractivity contribution in [1.29, 1.82) is 0 Å². The number of rotatable bonds is 5. The van der Waals surface area contributed by atoms with Gasteiger partial charge >= 0.3 is 5.69 Å². The maximum Gasteiger partial charge on any atom is 0.337 e. The summed E-state index contributed by atoms with van der Waals surface area (Å²) in [6.45, 7) is 0. The zero-order chi connectivity index (χ0) is 25.0. The minimum absolute atomic E-state index is 0.00559. The summed E-state index contributed by atoms with van der Waals surface area (Å²) in [5, 5.41) is 2.89. The van der Waals surface area contributed by atoms with Gasteiger partial charge < -0.3 is 11.1 Å². The molecule has 1 fully saturated rings. The minimum Gasteiger partial charge on any atom is -0.366 e. The zero-order valence-electron chi connectivity index (χ0n) is 18.4. The van der Waals surface area contributed by atoms with Crippen LogP contribution in [0.4, 0.5) is 15.8 Å². The van der Waals surface area contributed by atoms with Crippen molar-refractivity contribution in [2.75, 3.05) is 5.32 Å². The van der Waals surface area contributed by atoms with Crippen molar-refractivity contribution in [3.63, 3.8) is 0 Å². The average Bonchev–Trinajstić information content (AvgIpc) is 3.64. The first-order chi connectivity index (χ1) is 16.7. The van der Waals surface area contributed by atoms with Gasteiger partial charge in [-0.05, 0) is 49.2 Å². The van der Waals surface area contributed by atoms with E-state index in [1.165, 1.54) is 46.5 Å². The summed E-state index contributed by atoms with van der Waals surface area (Å²) in [5.41, 5.74) is 4.19. The van der Waals surface area contributed by atoms with Crippen molar-refractivity contribution in [2.45, 2.75) is 18.9 Å². The highest BCUT2D eigenvalue weighted by atomic mass is 79.9. The smallest absolute Gasteiger partial charge is 0.337 e. The molecule has 2 aromatic carbocycles. The van der Waals surface area contributed by atoms with Crippen molar-refractivity contribution in [3.05, 3.63) is 95.6 Å². The molecule has 5 rings (SSSR count). The van der Waals surface area contributed by atoms with Gasteiger partial charge in [-0.3, -0.25) is 23.5 Å². The third kappa shape index (κ3) is 3.87. The van der Waals surface area contributed by atoms with Crippen LogP contribution in [-0.2, 0) is 7.05 Å². The third-order valence-corrected chi connectivity index (χ3v) is 6.45. The second kappa shape index (κ2) is 8.35. The molecular formula is C24H19BrFN5O4. The first-order valence-electron chi connectivity index (χ1n) is 10.7. The van der Waals surface area contributed by atoms with Crippen molar-refractivity contribution >= 4 is 44.2 Å². The molecule has 2 aromatic heterocycles. The van der Waals surface area contributed by atoms with Gasteiger partial charge in [-0.2, -0.15) is 0 Å². The van der Waals surface area contributed by atoms with Crippen molar-refractivity contribution in [2.24, 2.45) is 12.8 Å². The molecule has 11 heteroatoms. The molecule has 0 bridgehead atoms. The third-order valence-electron chi connectivity index (χ3n) is 5.95. The number of nitrogens with one attached hydrogen (secondary N) is 1. The fourth-order valence-corrected chi connectivity index (χ4v) is 4.42. The Morgan fingerprint density at radius 3 is 2.49 bits per heavy atom. The van der Waals surface area contributed by atoms with Crippen LogP contribution >= 0.6 is 15.9 Å². The SMILES string of the molecule is Cn1c(=O)cc(Nc2ccc(Br)cc2F)c2c(=O)n(C3CC3)c(=O)n(-c3cccc(C(N)=O)c3)c21. The largest absolute Gasteiger partial charge is 0.366 e. The van der Waals surface area contributed by atoms with E-state index in [4.69, 9.17) is 5.73 Å². The van der Waals surface area contributed by atoms with E-state index in [2.05, 4.69) is 21.2 Å². The topological polar surface area (TPSA) is 121 Å². The van der Waals surface area contributed by atoms with Gasteiger partial charge in [-0.1, -0.05) is 22.0 Å². The van der Waals surface area contributed by atoms with E-state index in [1.54, 1.807) is 18.2 Å². The van der Waals surface area contributed by atoms with Crippen LogP contribution in [0.3, 0.4) is 0 Å². The molecular weight excluding hydrogens is 521 g/mol. The molecule has 9 nitrogen and oxygen atoms in total. The van der Waals surface area contributed by atoms with Crippen LogP contribution in [0.25, 0.3) is 16.7 Å². The van der Waals surface area contributed by atoms with E-state index in [1.807, 2.05) is 0 Å². The molecule has 35 heavy (non-hydrogen) atoms.